The van der Waals surface area contributed by atoms with Gasteiger partial charge in [-0.3, -0.25) is 14.3 Å². The third-order valence-corrected chi connectivity index (χ3v) is 6.11. The highest BCUT2D eigenvalue weighted by Gasteiger charge is 2.32. The number of benzene rings is 1. The lowest BCUT2D eigenvalue weighted by Crippen LogP contribution is -2.27. The zero-order valence-electron chi connectivity index (χ0n) is 16.7. The number of pyridine rings is 1. The molecule has 1 amide bonds. The molecule has 0 aliphatic heterocycles. The standard InChI is InChI=1S/C20H18ClF3N4O2S/c1-11-16(19(30)28(27(11)3)14-7-5-4-6-8-14)26-17(29)12(2)31-18-15(21)9-13(10-25-18)20(22,23)24/h4-10,12H,1-3H3,(H,26,29)/t12-/m1/s1. The summed E-state index contributed by atoms with van der Waals surface area (Å²) in [5.41, 5.74) is -0.0649. The summed E-state index contributed by atoms with van der Waals surface area (Å²) in [6, 6.07) is 9.71. The number of para-hydroxylation sites is 1. The van der Waals surface area contributed by atoms with E-state index in [-0.39, 0.29) is 15.7 Å². The van der Waals surface area contributed by atoms with Crippen molar-refractivity contribution in [2.45, 2.75) is 30.3 Å². The lowest BCUT2D eigenvalue weighted by molar-refractivity contribution is -0.137. The highest BCUT2D eigenvalue weighted by molar-refractivity contribution is 8.00. The van der Waals surface area contributed by atoms with Gasteiger partial charge < -0.3 is 5.32 Å². The van der Waals surface area contributed by atoms with Gasteiger partial charge in [-0.25, -0.2) is 9.67 Å². The van der Waals surface area contributed by atoms with Crippen LogP contribution in [-0.2, 0) is 18.0 Å². The summed E-state index contributed by atoms with van der Waals surface area (Å²) in [6.45, 7) is 3.24. The summed E-state index contributed by atoms with van der Waals surface area (Å²) < 4.78 is 41.3. The van der Waals surface area contributed by atoms with Crippen LogP contribution in [0.5, 0.6) is 0 Å². The van der Waals surface area contributed by atoms with Crippen LogP contribution in [0.2, 0.25) is 5.02 Å². The molecular formula is C20H18ClF3N4O2S. The van der Waals surface area contributed by atoms with Gasteiger partial charge in [0.25, 0.3) is 5.56 Å². The molecule has 1 N–H and O–H groups in total. The first kappa shape index (κ1) is 23.0. The first-order valence-corrected chi connectivity index (χ1v) is 10.3. The topological polar surface area (TPSA) is 68.9 Å². The van der Waals surface area contributed by atoms with E-state index in [0.717, 1.165) is 17.8 Å². The summed E-state index contributed by atoms with van der Waals surface area (Å²) >= 11 is 6.81. The smallest absolute Gasteiger partial charge is 0.319 e. The summed E-state index contributed by atoms with van der Waals surface area (Å²) in [4.78, 5) is 29.3. The van der Waals surface area contributed by atoms with Gasteiger partial charge in [0.15, 0.2) is 0 Å². The molecule has 3 rings (SSSR count). The van der Waals surface area contributed by atoms with Gasteiger partial charge >= 0.3 is 6.18 Å². The van der Waals surface area contributed by atoms with Crippen LogP contribution in [0.15, 0.2) is 52.4 Å². The van der Waals surface area contributed by atoms with Crippen LogP contribution in [0.25, 0.3) is 5.69 Å². The maximum Gasteiger partial charge on any atom is 0.417 e. The largest absolute Gasteiger partial charge is 0.417 e. The maximum absolute atomic E-state index is 12.9. The van der Waals surface area contributed by atoms with E-state index in [0.29, 0.717) is 17.6 Å². The van der Waals surface area contributed by atoms with Crippen LogP contribution in [0.1, 0.15) is 18.2 Å². The van der Waals surface area contributed by atoms with E-state index in [2.05, 4.69) is 10.3 Å². The zero-order valence-corrected chi connectivity index (χ0v) is 18.3. The lowest BCUT2D eigenvalue weighted by atomic mass is 10.3. The fourth-order valence-electron chi connectivity index (χ4n) is 2.83. The number of alkyl halides is 3. The molecule has 2 heterocycles. The predicted molar refractivity (Wildman–Crippen MR) is 114 cm³/mol. The molecular weight excluding hydrogens is 453 g/mol. The third kappa shape index (κ3) is 4.80. The second-order valence-electron chi connectivity index (χ2n) is 6.69. The van der Waals surface area contributed by atoms with Gasteiger partial charge in [0, 0.05) is 13.2 Å². The van der Waals surface area contributed by atoms with Crippen molar-refractivity contribution >= 4 is 35.0 Å². The number of halogens is 4. The van der Waals surface area contributed by atoms with Gasteiger partial charge in [-0.05, 0) is 32.0 Å². The Labute approximate surface area is 185 Å². The lowest BCUT2D eigenvalue weighted by Gasteiger charge is -2.13. The van der Waals surface area contributed by atoms with Crippen molar-refractivity contribution in [2.24, 2.45) is 7.05 Å². The van der Waals surface area contributed by atoms with E-state index < -0.39 is 28.5 Å². The highest BCUT2D eigenvalue weighted by atomic mass is 35.5. The molecule has 3 aromatic rings. The Morgan fingerprint density at radius 3 is 2.48 bits per heavy atom. The molecule has 1 aromatic carbocycles. The van der Waals surface area contributed by atoms with Crippen molar-refractivity contribution in [3.8, 4) is 5.69 Å². The molecule has 0 bridgehead atoms. The fraction of sp³-hybridized carbons (Fsp3) is 0.250. The number of nitrogens with one attached hydrogen (secondary N) is 1. The van der Waals surface area contributed by atoms with Crippen LogP contribution >= 0.6 is 23.4 Å². The molecule has 31 heavy (non-hydrogen) atoms. The van der Waals surface area contributed by atoms with E-state index in [4.69, 9.17) is 11.6 Å². The van der Waals surface area contributed by atoms with E-state index in [1.165, 1.54) is 4.68 Å². The number of carbonyl (C=O) groups is 1. The van der Waals surface area contributed by atoms with Crippen molar-refractivity contribution in [3.05, 3.63) is 69.2 Å². The Hall–Kier alpha value is -2.72. The van der Waals surface area contributed by atoms with Crippen molar-refractivity contribution in [1.82, 2.24) is 14.3 Å². The maximum atomic E-state index is 12.9. The minimum absolute atomic E-state index is 0.0868. The van der Waals surface area contributed by atoms with Gasteiger partial charge in [0.05, 0.1) is 27.2 Å². The fourth-order valence-corrected chi connectivity index (χ4v) is 3.91. The Morgan fingerprint density at radius 2 is 1.90 bits per heavy atom. The monoisotopic (exact) mass is 470 g/mol. The number of carbonyl (C=O) groups excluding carboxylic acids is 1. The van der Waals surface area contributed by atoms with Gasteiger partial charge in [-0.2, -0.15) is 13.2 Å². The molecule has 0 fully saturated rings. The second kappa shape index (κ2) is 8.80. The minimum atomic E-state index is -4.56. The molecule has 2 aromatic heterocycles. The summed E-state index contributed by atoms with van der Waals surface area (Å²) in [5, 5.41) is 1.73. The molecule has 0 aliphatic rings. The van der Waals surface area contributed by atoms with Crippen LogP contribution in [-0.4, -0.2) is 25.5 Å². The number of nitrogens with zero attached hydrogens (tertiary/aromatic N) is 3. The summed E-state index contributed by atoms with van der Waals surface area (Å²) in [5.74, 6) is -0.506. The predicted octanol–water partition coefficient (Wildman–Crippen LogP) is 4.67. The van der Waals surface area contributed by atoms with Gasteiger partial charge in [0.2, 0.25) is 5.91 Å². The molecule has 0 saturated carbocycles. The quantitative estimate of drug-likeness (QED) is 0.550. The van der Waals surface area contributed by atoms with Gasteiger partial charge in [0.1, 0.15) is 10.7 Å². The molecule has 164 valence electrons. The van der Waals surface area contributed by atoms with Crippen LogP contribution < -0.4 is 10.9 Å². The van der Waals surface area contributed by atoms with E-state index in [9.17, 15) is 22.8 Å². The number of hydrogen-bond acceptors (Lipinski definition) is 4. The Kier molecular flexibility index (Phi) is 6.51. The molecule has 1 atom stereocenters. The van der Waals surface area contributed by atoms with Crippen molar-refractivity contribution in [3.63, 3.8) is 0 Å². The first-order chi connectivity index (χ1) is 14.5. The number of aromatic nitrogens is 3. The second-order valence-corrected chi connectivity index (χ2v) is 8.43. The Bertz CT molecular complexity index is 1180. The van der Waals surface area contributed by atoms with Crippen LogP contribution in [0.3, 0.4) is 0 Å². The average molecular weight is 471 g/mol. The van der Waals surface area contributed by atoms with E-state index in [1.807, 2.05) is 6.07 Å². The van der Waals surface area contributed by atoms with Crippen molar-refractivity contribution in [1.29, 1.82) is 0 Å². The van der Waals surface area contributed by atoms with Gasteiger partial charge in [-0.15, -0.1) is 0 Å². The van der Waals surface area contributed by atoms with E-state index in [1.54, 1.807) is 49.8 Å². The molecule has 0 unspecified atom stereocenters. The number of rotatable bonds is 5. The zero-order chi connectivity index (χ0) is 22.9. The number of thioether (sulfide) groups is 1. The molecule has 0 spiro atoms. The SMILES string of the molecule is Cc1c(NC(=O)[C@@H](C)Sc2ncc(C(F)(F)F)cc2Cl)c(=O)n(-c2ccccc2)n1C. The summed E-state index contributed by atoms with van der Waals surface area (Å²) in [7, 11) is 1.70. The average Bonchev–Trinajstić information content (AvgIpc) is 2.92. The highest BCUT2D eigenvalue weighted by Crippen LogP contribution is 2.35. The van der Waals surface area contributed by atoms with Gasteiger partial charge in [-0.1, -0.05) is 41.6 Å². The molecule has 0 aliphatic carbocycles. The normalized spacial score (nSPS) is 12.6. The van der Waals surface area contributed by atoms with Crippen molar-refractivity contribution < 1.29 is 18.0 Å². The van der Waals surface area contributed by atoms with Crippen LogP contribution in [0, 0.1) is 6.92 Å². The molecule has 6 nitrogen and oxygen atoms in total. The summed E-state index contributed by atoms with van der Waals surface area (Å²) in [6.07, 6.45) is -3.90. The first-order valence-electron chi connectivity index (χ1n) is 9.05. The number of hydrogen-bond donors (Lipinski definition) is 1. The third-order valence-electron chi connectivity index (χ3n) is 4.59. The molecule has 0 saturated heterocycles. The van der Waals surface area contributed by atoms with E-state index >= 15 is 0 Å². The number of anilines is 1. The van der Waals surface area contributed by atoms with Crippen LogP contribution in [0.4, 0.5) is 18.9 Å². The Balaban J connectivity index is 1.80. The van der Waals surface area contributed by atoms with Crippen molar-refractivity contribution in [2.75, 3.05) is 5.32 Å². The molecule has 11 heteroatoms. The molecule has 0 radical (unpaired) electrons. The minimum Gasteiger partial charge on any atom is -0.319 e. The Morgan fingerprint density at radius 1 is 1.26 bits per heavy atom. The number of amides is 1.